The molecular weight excluding hydrogens is 178 g/mol. The molecule has 0 fully saturated rings. The van der Waals surface area contributed by atoms with Gasteiger partial charge in [0.25, 0.3) is 5.91 Å². The number of aromatic hydroxyl groups is 1. The summed E-state index contributed by atoms with van der Waals surface area (Å²) in [5.41, 5.74) is 1.31. The van der Waals surface area contributed by atoms with Gasteiger partial charge in [0.2, 0.25) is 0 Å². The van der Waals surface area contributed by atoms with Gasteiger partial charge < -0.3 is 10.0 Å². The molecule has 3 heteroatoms. The van der Waals surface area contributed by atoms with Gasteiger partial charge in [0.05, 0.1) is 5.56 Å². The standard InChI is InChI=1S/C10H13NO2.CH4/c1-7-4-5-9(12)8(6-7)10(13)11(2)3;/h4-6,12H,1-3H3;1H4. The number of hydrogen-bond acceptors (Lipinski definition) is 2. The molecule has 0 bridgehead atoms. The molecule has 0 aliphatic rings. The van der Waals surface area contributed by atoms with Crippen molar-refractivity contribution >= 4 is 5.91 Å². The summed E-state index contributed by atoms with van der Waals surface area (Å²) in [5.74, 6) is -0.148. The second-order valence-electron chi connectivity index (χ2n) is 3.22. The number of phenols is 1. The number of nitrogens with zero attached hydrogens (tertiary/aromatic N) is 1. The minimum absolute atomic E-state index is 0. The van der Waals surface area contributed by atoms with Gasteiger partial charge in [-0.05, 0) is 19.1 Å². The Kier molecular flexibility index (Phi) is 4.15. The van der Waals surface area contributed by atoms with Gasteiger partial charge in [-0.3, -0.25) is 4.79 Å². The van der Waals surface area contributed by atoms with Crippen molar-refractivity contribution in [1.82, 2.24) is 4.90 Å². The largest absolute Gasteiger partial charge is 0.507 e. The fourth-order valence-corrected chi connectivity index (χ4v) is 1.06. The Morgan fingerprint density at radius 2 is 1.93 bits per heavy atom. The predicted molar refractivity (Wildman–Crippen MR) is 57.6 cm³/mol. The highest BCUT2D eigenvalue weighted by Gasteiger charge is 2.12. The normalized spacial score (nSPS) is 9.07. The van der Waals surface area contributed by atoms with E-state index >= 15 is 0 Å². The van der Waals surface area contributed by atoms with Crippen molar-refractivity contribution in [3.05, 3.63) is 29.3 Å². The molecule has 1 rings (SSSR count). The highest BCUT2D eigenvalue weighted by atomic mass is 16.3. The first kappa shape index (κ1) is 12.5. The Morgan fingerprint density at radius 3 is 2.43 bits per heavy atom. The molecule has 1 aromatic rings. The zero-order chi connectivity index (χ0) is 10.0. The van der Waals surface area contributed by atoms with Crippen LogP contribution in [0, 0.1) is 6.92 Å². The average Bonchev–Trinajstić information content (AvgIpc) is 2.08. The number of amides is 1. The summed E-state index contributed by atoms with van der Waals surface area (Å²) in [6, 6.07) is 4.98. The Hall–Kier alpha value is -1.51. The van der Waals surface area contributed by atoms with Crippen molar-refractivity contribution < 1.29 is 9.90 Å². The van der Waals surface area contributed by atoms with Gasteiger partial charge in [-0.25, -0.2) is 0 Å². The molecule has 0 spiro atoms. The highest BCUT2D eigenvalue weighted by molar-refractivity contribution is 5.96. The molecule has 1 aromatic carbocycles. The van der Waals surface area contributed by atoms with Crippen LogP contribution in [0.4, 0.5) is 0 Å². The van der Waals surface area contributed by atoms with Gasteiger partial charge in [-0.15, -0.1) is 0 Å². The van der Waals surface area contributed by atoms with E-state index in [-0.39, 0.29) is 19.1 Å². The number of carbonyl (C=O) groups is 1. The first-order chi connectivity index (χ1) is 6.02. The summed E-state index contributed by atoms with van der Waals surface area (Å²) >= 11 is 0. The number of aryl methyl sites for hydroxylation is 1. The van der Waals surface area contributed by atoms with Crippen LogP contribution < -0.4 is 0 Å². The molecule has 0 unspecified atom stereocenters. The summed E-state index contributed by atoms with van der Waals surface area (Å²) < 4.78 is 0. The molecule has 0 saturated heterocycles. The first-order valence-corrected chi connectivity index (χ1v) is 4.03. The molecule has 14 heavy (non-hydrogen) atoms. The number of benzene rings is 1. The summed E-state index contributed by atoms with van der Waals surface area (Å²) in [4.78, 5) is 12.9. The highest BCUT2D eigenvalue weighted by Crippen LogP contribution is 2.18. The lowest BCUT2D eigenvalue weighted by Crippen LogP contribution is -2.21. The van der Waals surface area contributed by atoms with E-state index in [2.05, 4.69) is 0 Å². The van der Waals surface area contributed by atoms with Crippen LogP contribution in [0.1, 0.15) is 23.3 Å². The summed E-state index contributed by atoms with van der Waals surface area (Å²) in [6.07, 6.45) is 0. The molecule has 0 aliphatic heterocycles. The van der Waals surface area contributed by atoms with E-state index < -0.39 is 0 Å². The van der Waals surface area contributed by atoms with Crippen molar-refractivity contribution in [2.45, 2.75) is 14.4 Å². The van der Waals surface area contributed by atoms with E-state index in [1.807, 2.05) is 6.92 Å². The third-order valence-corrected chi connectivity index (χ3v) is 1.79. The third kappa shape index (κ3) is 2.49. The minimum atomic E-state index is -0.179. The van der Waals surface area contributed by atoms with Crippen LogP contribution in [0.5, 0.6) is 5.75 Å². The maximum absolute atomic E-state index is 11.5. The second-order valence-corrected chi connectivity index (χ2v) is 3.22. The Labute approximate surface area is 85.0 Å². The van der Waals surface area contributed by atoms with Crippen molar-refractivity contribution in [2.24, 2.45) is 0 Å². The third-order valence-electron chi connectivity index (χ3n) is 1.79. The van der Waals surface area contributed by atoms with Gasteiger partial charge in [-0.1, -0.05) is 19.1 Å². The molecule has 0 saturated carbocycles. The van der Waals surface area contributed by atoms with Gasteiger partial charge in [0, 0.05) is 14.1 Å². The molecule has 78 valence electrons. The van der Waals surface area contributed by atoms with E-state index in [4.69, 9.17) is 0 Å². The lowest BCUT2D eigenvalue weighted by molar-refractivity contribution is 0.0824. The molecule has 0 aromatic heterocycles. The number of carbonyl (C=O) groups excluding carboxylic acids is 1. The molecule has 1 amide bonds. The van der Waals surface area contributed by atoms with Crippen molar-refractivity contribution in [2.75, 3.05) is 14.1 Å². The molecule has 0 aliphatic carbocycles. The van der Waals surface area contributed by atoms with Crippen molar-refractivity contribution in [3.63, 3.8) is 0 Å². The Morgan fingerprint density at radius 1 is 1.36 bits per heavy atom. The van der Waals surface area contributed by atoms with E-state index in [0.29, 0.717) is 5.56 Å². The minimum Gasteiger partial charge on any atom is -0.507 e. The number of phenolic OH excluding ortho intramolecular Hbond substituents is 1. The zero-order valence-corrected chi connectivity index (χ0v) is 8.03. The summed E-state index contributed by atoms with van der Waals surface area (Å²) in [5, 5.41) is 9.41. The molecule has 3 nitrogen and oxygen atoms in total. The van der Waals surface area contributed by atoms with Crippen LogP contribution in [-0.2, 0) is 0 Å². The van der Waals surface area contributed by atoms with E-state index in [0.717, 1.165) is 5.56 Å². The molecule has 0 heterocycles. The van der Waals surface area contributed by atoms with Gasteiger partial charge in [0.1, 0.15) is 5.75 Å². The van der Waals surface area contributed by atoms with Crippen LogP contribution in [0.2, 0.25) is 0 Å². The van der Waals surface area contributed by atoms with Crippen LogP contribution in [0.25, 0.3) is 0 Å². The first-order valence-electron chi connectivity index (χ1n) is 4.03. The maximum atomic E-state index is 11.5. The zero-order valence-electron chi connectivity index (χ0n) is 8.03. The fourth-order valence-electron chi connectivity index (χ4n) is 1.06. The molecule has 1 N–H and O–H groups in total. The number of rotatable bonds is 1. The Bertz CT molecular complexity index is 332. The van der Waals surface area contributed by atoms with E-state index in [1.54, 1.807) is 26.2 Å². The predicted octanol–water partition coefficient (Wildman–Crippen LogP) is 2.04. The average molecular weight is 195 g/mol. The van der Waals surface area contributed by atoms with Crippen LogP contribution in [0.15, 0.2) is 18.2 Å². The maximum Gasteiger partial charge on any atom is 0.257 e. The van der Waals surface area contributed by atoms with Gasteiger partial charge in [-0.2, -0.15) is 0 Å². The summed E-state index contributed by atoms with van der Waals surface area (Å²) in [7, 11) is 3.31. The van der Waals surface area contributed by atoms with Crippen molar-refractivity contribution in [3.8, 4) is 5.75 Å². The topological polar surface area (TPSA) is 40.5 Å². The SMILES string of the molecule is C.Cc1ccc(O)c(C(=O)N(C)C)c1. The quantitative estimate of drug-likeness (QED) is 0.745. The van der Waals surface area contributed by atoms with Gasteiger partial charge in [0.15, 0.2) is 0 Å². The monoisotopic (exact) mass is 195 g/mol. The lowest BCUT2D eigenvalue weighted by Gasteiger charge is -2.11. The Balaban J connectivity index is 0.00000169. The molecule has 0 atom stereocenters. The molecular formula is C11H17NO2. The lowest BCUT2D eigenvalue weighted by atomic mass is 10.1. The van der Waals surface area contributed by atoms with Crippen molar-refractivity contribution in [1.29, 1.82) is 0 Å². The molecule has 0 radical (unpaired) electrons. The van der Waals surface area contributed by atoms with Crippen LogP contribution >= 0.6 is 0 Å². The second kappa shape index (κ2) is 4.65. The van der Waals surface area contributed by atoms with E-state index in [1.165, 1.54) is 11.0 Å². The smallest absolute Gasteiger partial charge is 0.257 e. The van der Waals surface area contributed by atoms with Crippen LogP contribution in [-0.4, -0.2) is 30.0 Å². The number of hydrogen-bond donors (Lipinski definition) is 1. The fraction of sp³-hybridized carbons (Fsp3) is 0.364. The summed E-state index contributed by atoms with van der Waals surface area (Å²) in [6.45, 7) is 1.88. The van der Waals surface area contributed by atoms with E-state index in [9.17, 15) is 9.90 Å². The van der Waals surface area contributed by atoms with Crippen LogP contribution in [0.3, 0.4) is 0 Å². The van der Waals surface area contributed by atoms with Gasteiger partial charge >= 0.3 is 0 Å².